The van der Waals surface area contributed by atoms with Gasteiger partial charge in [-0.2, -0.15) is 13.5 Å². The molecule has 0 radical (unpaired) electrons. The highest BCUT2D eigenvalue weighted by atomic mass is 32.2. The Kier molecular flexibility index (Phi) is 4.21. The van der Waals surface area contributed by atoms with Crippen molar-refractivity contribution < 1.29 is 17.3 Å². The molecule has 3 rings (SSSR count). The van der Waals surface area contributed by atoms with Gasteiger partial charge in [0.2, 0.25) is 0 Å². The quantitative estimate of drug-likeness (QED) is 0.805. The van der Waals surface area contributed by atoms with E-state index in [0.29, 0.717) is 24.2 Å². The topological polar surface area (TPSA) is 116 Å². The van der Waals surface area contributed by atoms with Gasteiger partial charge in [0.1, 0.15) is 17.3 Å². The van der Waals surface area contributed by atoms with Crippen LogP contribution in [0.15, 0.2) is 11.0 Å². The minimum absolute atomic E-state index is 0.106. The van der Waals surface area contributed by atoms with Gasteiger partial charge in [-0.15, -0.1) is 0 Å². The fraction of sp³-hybridized carbons (Fsp3) is 0.615. The third-order valence-electron chi connectivity index (χ3n) is 3.72. The van der Waals surface area contributed by atoms with Crippen molar-refractivity contribution in [1.29, 1.82) is 0 Å². The standard InChI is InChI=1S/C13H18N4O5S/c1-8(22-23(2,19)20)11-15-12-10(13(18)16-11)7-14-17(12)9-3-5-21-6-4-9/h7-9H,3-6H2,1-2H3,(H,15,16,18)/t8-/m0/s1. The van der Waals surface area contributed by atoms with E-state index in [-0.39, 0.29) is 17.4 Å². The van der Waals surface area contributed by atoms with E-state index >= 15 is 0 Å². The lowest BCUT2D eigenvalue weighted by Crippen LogP contribution is -2.22. The van der Waals surface area contributed by atoms with Crippen molar-refractivity contribution in [2.45, 2.75) is 31.9 Å². The predicted molar refractivity (Wildman–Crippen MR) is 81.6 cm³/mol. The van der Waals surface area contributed by atoms with Crippen LogP contribution in [0.3, 0.4) is 0 Å². The van der Waals surface area contributed by atoms with E-state index in [1.54, 1.807) is 4.68 Å². The van der Waals surface area contributed by atoms with Crippen LogP contribution in [-0.4, -0.2) is 47.6 Å². The zero-order chi connectivity index (χ0) is 16.6. The molecule has 10 heteroatoms. The molecule has 1 N–H and O–H groups in total. The Bertz CT molecular complexity index is 866. The van der Waals surface area contributed by atoms with Gasteiger partial charge in [0, 0.05) is 13.2 Å². The second-order valence-corrected chi connectivity index (χ2v) is 7.16. The zero-order valence-corrected chi connectivity index (χ0v) is 13.7. The molecule has 0 bridgehead atoms. The Hall–Kier alpha value is -1.78. The summed E-state index contributed by atoms with van der Waals surface area (Å²) in [5.41, 5.74) is 0.0619. The van der Waals surface area contributed by atoms with Gasteiger partial charge in [0.25, 0.3) is 15.7 Å². The Balaban J connectivity index is 2.03. The maximum atomic E-state index is 12.2. The average molecular weight is 342 g/mol. The normalized spacial score (nSPS) is 18.3. The van der Waals surface area contributed by atoms with Gasteiger partial charge in [-0.05, 0) is 19.8 Å². The fourth-order valence-electron chi connectivity index (χ4n) is 2.65. The summed E-state index contributed by atoms with van der Waals surface area (Å²) in [4.78, 5) is 19.1. The lowest BCUT2D eigenvalue weighted by Gasteiger charge is -2.22. The van der Waals surface area contributed by atoms with E-state index in [4.69, 9.17) is 8.92 Å². The van der Waals surface area contributed by atoms with Crippen molar-refractivity contribution in [2.75, 3.05) is 19.5 Å². The van der Waals surface area contributed by atoms with Crippen molar-refractivity contribution in [2.24, 2.45) is 0 Å². The maximum Gasteiger partial charge on any atom is 0.265 e. The van der Waals surface area contributed by atoms with Crippen LogP contribution in [0.2, 0.25) is 0 Å². The number of hydrogen-bond donors (Lipinski definition) is 1. The van der Waals surface area contributed by atoms with E-state index in [0.717, 1.165) is 19.1 Å². The Morgan fingerprint density at radius 3 is 2.78 bits per heavy atom. The first-order chi connectivity index (χ1) is 10.8. The first-order valence-electron chi connectivity index (χ1n) is 7.28. The molecule has 1 fully saturated rings. The number of aromatic amines is 1. The molecule has 1 aliphatic rings. The molecule has 9 nitrogen and oxygen atoms in total. The number of fused-ring (bicyclic) bond motifs is 1. The number of ether oxygens (including phenoxy) is 1. The molecule has 23 heavy (non-hydrogen) atoms. The van der Waals surface area contributed by atoms with Gasteiger partial charge in [0.15, 0.2) is 5.65 Å². The molecular formula is C13H18N4O5S. The van der Waals surface area contributed by atoms with Crippen LogP contribution in [0.1, 0.15) is 37.7 Å². The third kappa shape index (κ3) is 3.43. The average Bonchev–Trinajstić information content (AvgIpc) is 2.91. The smallest absolute Gasteiger partial charge is 0.265 e. The fourth-order valence-corrected chi connectivity index (χ4v) is 3.27. The summed E-state index contributed by atoms with van der Waals surface area (Å²) in [6.45, 7) is 2.78. The lowest BCUT2D eigenvalue weighted by molar-refractivity contribution is 0.0673. The first-order valence-corrected chi connectivity index (χ1v) is 9.10. The third-order valence-corrected chi connectivity index (χ3v) is 4.36. The second kappa shape index (κ2) is 6.02. The molecule has 3 heterocycles. The summed E-state index contributed by atoms with van der Waals surface area (Å²) in [5.74, 6) is 0.154. The van der Waals surface area contributed by atoms with Crippen LogP contribution in [0, 0.1) is 0 Å². The highest BCUT2D eigenvalue weighted by Gasteiger charge is 2.22. The molecule has 2 aromatic rings. The van der Waals surface area contributed by atoms with E-state index in [9.17, 15) is 13.2 Å². The molecule has 1 atom stereocenters. The SMILES string of the molecule is C[C@H](OS(C)(=O)=O)c1nc2c(cnn2C2CCOCC2)c(=O)[nH]1. The Morgan fingerprint density at radius 1 is 1.43 bits per heavy atom. The van der Waals surface area contributed by atoms with E-state index in [2.05, 4.69) is 15.1 Å². The van der Waals surface area contributed by atoms with Crippen molar-refractivity contribution in [3.8, 4) is 0 Å². The van der Waals surface area contributed by atoms with Gasteiger partial charge < -0.3 is 9.72 Å². The highest BCUT2D eigenvalue weighted by molar-refractivity contribution is 7.86. The number of hydrogen-bond acceptors (Lipinski definition) is 7. The summed E-state index contributed by atoms with van der Waals surface area (Å²) >= 11 is 0. The molecule has 126 valence electrons. The van der Waals surface area contributed by atoms with Gasteiger partial charge in [-0.25, -0.2) is 9.67 Å². The van der Waals surface area contributed by atoms with Crippen LogP contribution >= 0.6 is 0 Å². The maximum absolute atomic E-state index is 12.2. The highest BCUT2D eigenvalue weighted by Crippen LogP contribution is 2.24. The summed E-state index contributed by atoms with van der Waals surface area (Å²) in [6, 6.07) is 0.106. The minimum atomic E-state index is -3.66. The predicted octanol–water partition coefficient (Wildman–Crippen LogP) is 0.508. The molecule has 1 saturated heterocycles. The van der Waals surface area contributed by atoms with Crippen LogP contribution in [-0.2, 0) is 19.0 Å². The Morgan fingerprint density at radius 2 is 2.13 bits per heavy atom. The van der Waals surface area contributed by atoms with Crippen LogP contribution in [0.5, 0.6) is 0 Å². The molecule has 2 aromatic heterocycles. The van der Waals surface area contributed by atoms with E-state index in [1.807, 2.05) is 0 Å². The van der Waals surface area contributed by atoms with Crippen molar-refractivity contribution >= 4 is 21.2 Å². The van der Waals surface area contributed by atoms with Crippen molar-refractivity contribution in [1.82, 2.24) is 19.7 Å². The van der Waals surface area contributed by atoms with E-state index < -0.39 is 16.2 Å². The number of aromatic nitrogens is 4. The van der Waals surface area contributed by atoms with Gasteiger partial charge in [-0.3, -0.25) is 8.98 Å². The summed E-state index contributed by atoms with van der Waals surface area (Å²) in [6.07, 6.45) is 3.11. The van der Waals surface area contributed by atoms with Crippen molar-refractivity contribution in [3.63, 3.8) is 0 Å². The Labute approximate surface area is 132 Å². The molecule has 0 unspecified atom stereocenters. The minimum Gasteiger partial charge on any atom is -0.381 e. The number of H-pyrrole nitrogens is 1. The largest absolute Gasteiger partial charge is 0.381 e. The monoisotopic (exact) mass is 342 g/mol. The molecule has 0 spiro atoms. The summed E-state index contributed by atoms with van der Waals surface area (Å²) < 4.78 is 34.4. The van der Waals surface area contributed by atoms with Gasteiger partial charge >= 0.3 is 0 Å². The molecule has 0 aromatic carbocycles. The number of rotatable bonds is 4. The molecule has 0 saturated carbocycles. The van der Waals surface area contributed by atoms with Crippen LogP contribution in [0.4, 0.5) is 0 Å². The van der Waals surface area contributed by atoms with Crippen LogP contribution in [0.25, 0.3) is 11.0 Å². The molecule has 0 amide bonds. The van der Waals surface area contributed by atoms with Gasteiger partial charge in [-0.1, -0.05) is 0 Å². The van der Waals surface area contributed by atoms with E-state index in [1.165, 1.54) is 13.1 Å². The van der Waals surface area contributed by atoms with Gasteiger partial charge in [0.05, 0.1) is 18.5 Å². The summed E-state index contributed by atoms with van der Waals surface area (Å²) in [5, 5.41) is 4.64. The second-order valence-electron chi connectivity index (χ2n) is 5.56. The number of nitrogens with zero attached hydrogens (tertiary/aromatic N) is 3. The lowest BCUT2D eigenvalue weighted by atomic mass is 10.1. The number of nitrogens with one attached hydrogen (secondary N) is 1. The van der Waals surface area contributed by atoms with Crippen molar-refractivity contribution in [3.05, 3.63) is 22.4 Å². The molecular weight excluding hydrogens is 324 g/mol. The molecule has 1 aliphatic heterocycles. The van der Waals surface area contributed by atoms with Crippen LogP contribution < -0.4 is 5.56 Å². The molecule has 0 aliphatic carbocycles. The first kappa shape index (κ1) is 16.1. The zero-order valence-electron chi connectivity index (χ0n) is 12.9. The summed E-state index contributed by atoms with van der Waals surface area (Å²) in [7, 11) is -3.66.